The second-order valence-corrected chi connectivity index (χ2v) is 42.6. The third-order valence-electron chi connectivity index (χ3n) is 23.9. The van der Waals surface area contributed by atoms with Crippen molar-refractivity contribution in [3.05, 3.63) is 189 Å². The largest absolute Gasteiger partial charge is 0.508 e. The van der Waals surface area contributed by atoms with E-state index in [0.717, 1.165) is 46.9 Å². The summed E-state index contributed by atoms with van der Waals surface area (Å²) in [7, 11) is -6.16. The Balaban J connectivity index is 0.000000217. The number of phenolic OH excluding ortho intramolecular Hbond substituents is 3. The molecule has 4 aromatic carbocycles. The van der Waals surface area contributed by atoms with E-state index in [1.54, 1.807) is 43.4 Å². The van der Waals surface area contributed by atoms with Crippen LogP contribution in [-0.4, -0.2) is 213 Å². The molecule has 29 heteroatoms. The molecule has 11 rings (SSSR count). The van der Waals surface area contributed by atoms with Crippen LogP contribution in [0.4, 0.5) is 0 Å². The van der Waals surface area contributed by atoms with Crippen LogP contribution in [0.15, 0.2) is 134 Å². The molecule has 7 aliphatic heterocycles. The van der Waals surface area contributed by atoms with Crippen molar-refractivity contribution in [3.63, 3.8) is 0 Å². The van der Waals surface area contributed by atoms with Gasteiger partial charge < -0.3 is 87.1 Å². The minimum absolute atomic E-state index is 0.0184. The van der Waals surface area contributed by atoms with Gasteiger partial charge >= 0.3 is 23.9 Å². The predicted molar refractivity (Wildman–Crippen MR) is 516 cm³/mol. The number of sulfone groups is 2. The number of thioether (sulfide) groups is 1. The number of carbonyl (C=O) groups is 4. The number of hydrogen-bond donors (Lipinski definition) is 5. The summed E-state index contributed by atoms with van der Waals surface area (Å²) in [5, 5.41) is 51.3. The van der Waals surface area contributed by atoms with Crippen LogP contribution in [-0.2, 0) is 67.0 Å². The number of aryl methyl sites for hydroxylation is 2. The van der Waals surface area contributed by atoms with Gasteiger partial charge in [-0.05, 0) is 215 Å². The van der Waals surface area contributed by atoms with Gasteiger partial charge in [-0.15, -0.1) is 0 Å². The number of phenols is 3. The van der Waals surface area contributed by atoms with E-state index in [1.807, 2.05) is 151 Å². The Labute approximate surface area is 786 Å². The summed E-state index contributed by atoms with van der Waals surface area (Å²) in [5.74, 6) is -1.86. The Morgan fingerprint density at radius 3 is 1.06 bits per heavy atom. The molecule has 0 bridgehead atoms. The summed E-state index contributed by atoms with van der Waals surface area (Å²) in [5.41, 5.74) is 5.15. The van der Waals surface area contributed by atoms with Crippen molar-refractivity contribution in [1.29, 1.82) is 0 Å². The number of ether oxygens (including phenoxy) is 13. The van der Waals surface area contributed by atoms with Gasteiger partial charge in [0.15, 0.2) is 17.4 Å². The number of aliphatic hydroxyl groups is 2. The lowest BCUT2D eigenvalue weighted by atomic mass is 9.94. The monoisotopic (exact) mass is 1890 g/mol. The summed E-state index contributed by atoms with van der Waals surface area (Å²) >= 11 is 1.81. The molecule has 0 aliphatic carbocycles. The average molecular weight is 1890 g/mol. The molecular formula is C103H142O26S3. The maximum absolute atomic E-state index is 13.2. The Bertz CT molecular complexity index is 5110. The van der Waals surface area contributed by atoms with Gasteiger partial charge in [0.2, 0.25) is 0 Å². The fraction of sp³-hybridized carbons (Fsp3) is 0.553. The van der Waals surface area contributed by atoms with Crippen molar-refractivity contribution in [2.75, 3.05) is 55.8 Å². The minimum Gasteiger partial charge on any atom is -0.508 e. The number of cyclic esters (lactones) is 4. The zero-order chi connectivity index (χ0) is 97.7. The molecule has 4 aromatic rings. The summed E-state index contributed by atoms with van der Waals surface area (Å²) in [6.07, 6.45) is 34.1. The smallest absolute Gasteiger partial charge is 0.342 e. The van der Waals surface area contributed by atoms with Crippen LogP contribution in [0.3, 0.4) is 0 Å². The molecule has 0 saturated carbocycles. The first-order valence-electron chi connectivity index (χ1n) is 45.6. The summed E-state index contributed by atoms with van der Waals surface area (Å²) < 4.78 is 123. The van der Waals surface area contributed by atoms with Crippen LogP contribution in [0.2, 0.25) is 0 Å². The van der Waals surface area contributed by atoms with Crippen molar-refractivity contribution in [1.82, 2.24) is 0 Å². The second-order valence-electron chi connectivity index (χ2n) is 37.1. The number of hydrogen-bond acceptors (Lipinski definition) is 27. The van der Waals surface area contributed by atoms with Crippen molar-refractivity contribution < 1.29 is 123 Å². The Morgan fingerprint density at radius 2 is 0.705 bits per heavy atom. The third kappa shape index (κ3) is 32.7. The van der Waals surface area contributed by atoms with E-state index in [-0.39, 0.29) is 174 Å². The average Bonchev–Trinajstić information content (AvgIpc) is 1.66. The van der Waals surface area contributed by atoms with Gasteiger partial charge in [0.05, 0.1) is 85.2 Å². The maximum atomic E-state index is 13.2. The van der Waals surface area contributed by atoms with Crippen molar-refractivity contribution in [2.45, 2.75) is 267 Å². The van der Waals surface area contributed by atoms with Crippen LogP contribution in [0, 0.1) is 55.3 Å². The highest BCUT2D eigenvalue weighted by Crippen LogP contribution is 2.41. The van der Waals surface area contributed by atoms with E-state index in [1.165, 1.54) is 30.5 Å². The third-order valence-corrected chi connectivity index (χ3v) is 26.7. The molecule has 26 nitrogen and oxygen atoms in total. The maximum Gasteiger partial charge on any atom is 0.342 e. The van der Waals surface area contributed by atoms with E-state index < -0.39 is 73.4 Å². The second kappa shape index (κ2) is 48.6. The SMILES string of the molecule is C=C1/C=C\[C@@H](C)[C@H](C)OC(=O)c2c(O)cc(OCCCS(C)(=O)=O)cc2/C=C/C[C@H](O)C1O.CC1/C=C\[C@@H](C)[C@H](C)OC(=O)c2c(O)cc(O)cc2/C=C/C[C@@H]2OC(C)(C)OC12.CSCCCOc1cc(C)c2c(c1)/C=C/C[C@@H]1OC(C)(C)OC1C(C)/C=C\[C@@H](C)[C@H](C)OC2=O.Cc1cc(OCCCS(C)(=O)=O)cc2c1C(=O)O[C@@H](C)[C@H](C)/C=C\C(C)C1OC(C)(C)O[C@H]1C/C=C/2. The molecule has 7 unspecified atom stereocenters. The summed E-state index contributed by atoms with van der Waals surface area (Å²) in [6.45, 7) is 41.8. The number of rotatable bonds is 15. The zero-order valence-electron chi connectivity index (χ0n) is 80.8. The highest BCUT2D eigenvalue weighted by atomic mass is 32.2. The number of fused-ring (bicyclic) bond motifs is 7. The van der Waals surface area contributed by atoms with Gasteiger partial charge in [0, 0.05) is 66.1 Å². The van der Waals surface area contributed by atoms with E-state index in [0.29, 0.717) is 71.4 Å². The molecule has 132 heavy (non-hydrogen) atoms. The standard InChI is InChI=1S/C28H40O7S.C28H40O5S.C24H32O8S.C23H30O6/c1-18-12-13-19(2)26-24(34-28(5,6)35-26)11-8-10-22-17-23(32-14-9-15-36(7,30)31)16-20(3)25(22)27(29)33-21(18)4;1-18-12-13-19(2)26-24(32-28(5,6)33-26)11-8-10-22-17-23(30-14-9-15-34-7)16-20(3)25(22)27(29)31-21(18)4;1-15-9-10-16(2)23(27)20(25)8-5-7-18-13-19(31-11-6-12-33(4,29)30)14-21(26)22(18)24(28)32-17(15)3;1-13-9-10-14(2)21-19(28-23(4,5)29-21)8-6-7-16-11-17(24)12-18(25)20(16)22(26)27-15(13)3/h8,10,12-13,16-19,21,24,26H,9,11,14-15H2,1-7H3;8,10,12-13,16-19,21,24,26H,9,11,14-15H2,1-7H3;5,7,9-10,13-15,17,20,23,25-27H,2,6,8,11-12H2,1,3-4H3;6-7,9-15,19,21,24-25H,8H2,1-5H3/b2*10-8+,13-12-;7-5+,10-9-;7-6+,10-9-/t2*18-,19?,21+,24+,26?;15-,17+,20+,23?;13-,14?,15+,19+,21?/m1111/s1. The quantitative estimate of drug-likeness (QED) is 0.0319. The highest BCUT2D eigenvalue weighted by molar-refractivity contribution is 7.98. The van der Waals surface area contributed by atoms with Gasteiger partial charge in [0.1, 0.15) is 95.8 Å². The van der Waals surface area contributed by atoms with Gasteiger partial charge in [-0.25, -0.2) is 36.0 Å². The fourth-order valence-electron chi connectivity index (χ4n) is 15.9. The molecule has 0 spiro atoms. The first-order chi connectivity index (χ1) is 61.8. The number of aliphatic hydroxyl groups excluding tert-OH is 2. The highest BCUT2D eigenvalue weighted by Gasteiger charge is 2.46. The number of benzene rings is 4. The minimum atomic E-state index is -3.12. The van der Waals surface area contributed by atoms with Gasteiger partial charge in [-0.1, -0.05) is 152 Å². The predicted octanol–water partition coefficient (Wildman–Crippen LogP) is 18.6. The van der Waals surface area contributed by atoms with E-state index in [9.17, 15) is 61.5 Å². The summed E-state index contributed by atoms with van der Waals surface area (Å²) in [4.78, 5) is 52.0. The Morgan fingerprint density at radius 1 is 0.402 bits per heavy atom. The van der Waals surface area contributed by atoms with Gasteiger partial charge in [-0.2, -0.15) is 11.8 Å². The van der Waals surface area contributed by atoms with Gasteiger partial charge in [-0.3, -0.25) is 0 Å². The normalized spacial score (nSPS) is 30.5. The molecular weight excluding hydrogens is 1750 g/mol. The number of carbonyl (C=O) groups excluding carboxylic acids is 4. The number of aromatic hydroxyl groups is 3. The molecule has 0 radical (unpaired) electrons. The van der Waals surface area contributed by atoms with Crippen molar-refractivity contribution in [2.24, 2.45) is 41.4 Å². The van der Waals surface area contributed by atoms with Crippen molar-refractivity contribution in [3.8, 4) is 34.5 Å². The Kier molecular flexibility index (Phi) is 39.9. The molecule has 5 N–H and O–H groups in total. The zero-order valence-corrected chi connectivity index (χ0v) is 83.2. The van der Waals surface area contributed by atoms with Crippen LogP contribution in [0.1, 0.15) is 237 Å². The topological polar surface area (TPSA) is 358 Å². The molecule has 3 fully saturated rings. The van der Waals surface area contributed by atoms with Crippen LogP contribution < -0.4 is 14.2 Å². The lowest BCUT2D eigenvalue weighted by molar-refractivity contribution is -0.148. The van der Waals surface area contributed by atoms with E-state index in [2.05, 4.69) is 77.0 Å². The van der Waals surface area contributed by atoms with Crippen LogP contribution >= 0.6 is 11.8 Å². The first kappa shape index (κ1) is 108. The number of esters is 4. The van der Waals surface area contributed by atoms with E-state index in [4.69, 9.17) is 61.6 Å². The van der Waals surface area contributed by atoms with Crippen LogP contribution in [0.5, 0.6) is 34.5 Å². The van der Waals surface area contributed by atoms with Crippen LogP contribution in [0.25, 0.3) is 24.3 Å². The molecule has 728 valence electrons. The summed E-state index contributed by atoms with van der Waals surface area (Å²) in [6, 6.07) is 12.8. The Hall–Kier alpha value is -8.85. The molecule has 7 aliphatic rings. The molecule has 3 saturated heterocycles. The fourth-order valence-corrected chi connectivity index (χ4v) is 17.6. The molecule has 19 atom stereocenters. The lowest BCUT2D eigenvalue weighted by Crippen LogP contribution is -2.29. The van der Waals surface area contributed by atoms with E-state index >= 15 is 0 Å². The lowest BCUT2D eigenvalue weighted by Gasteiger charge is -2.23. The van der Waals surface area contributed by atoms with Gasteiger partial charge in [0.25, 0.3) is 0 Å². The molecule has 0 amide bonds. The first-order valence-corrected chi connectivity index (χ1v) is 51.1. The molecule has 0 aromatic heterocycles. The van der Waals surface area contributed by atoms with Crippen molar-refractivity contribution >= 4 is 79.6 Å². The molecule has 7 heterocycles.